The highest BCUT2D eigenvalue weighted by Crippen LogP contribution is 2.33. The van der Waals surface area contributed by atoms with Crippen molar-refractivity contribution in [2.24, 2.45) is 0 Å². The molecule has 2 aromatic rings. The number of amides is 3. The van der Waals surface area contributed by atoms with Gasteiger partial charge in [0.2, 0.25) is 5.91 Å². The van der Waals surface area contributed by atoms with Gasteiger partial charge in [-0.2, -0.15) is 11.8 Å². The molecule has 0 bridgehead atoms. The fraction of sp³-hybridized carbons (Fsp3) is 0.429. The van der Waals surface area contributed by atoms with Crippen molar-refractivity contribution in [3.63, 3.8) is 0 Å². The third-order valence-electron chi connectivity index (χ3n) is 4.97. The minimum Gasteiger partial charge on any atom is -0.481 e. The Hall–Kier alpha value is -2.81. The van der Waals surface area contributed by atoms with Crippen molar-refractivity contribution in [2.75, 3.05) is 11.1 Å². The summed E-state index contributed by atoms with van der Waals surface area (Å²) in [6.45, 7) is 1.08. The van der Waals surface area contributed by atoms with Gasteiger partial charge < -0.3 is 21.1 Å². The molecule has 1 aromatic carbocycles. The highest BCUT2D eigenvalue weighted by Gasteiger charge is 2.42. The van der Waals surface area contributed by atoms with Gasteiger partial charge in [0.05, 0.1) is 17.6 Å². The summed E-state index contributed by atoms with van der Waals surface area (Å²) in [5.41, 5.74) is 1.73. The average Bonchev–Trinajstić information content (AvgIpc) is 3.24. The number of hydrogen-bond donors (Lipinski definition) is 4. The van der Waals surface area contributed by atoms with E-state index in [1.807, 2.05) is 42.1 Å². The summed E-state index contributed by atoms with van der Waals surface area (Å²) in [5.74, 6) is 0.187. The Labute approximate surface area is 179 Å². The number of urea groups is 1. The van der Waals surface area contributed by atoms with Crippen molar-refractivity contribution in [3.8, 4) is 0 Å². The monoisotopic (exact) mass is 430 g/mol. The van der Waals surface area contributed by atoms with E-state index in [0.29, 0.717) is 11.7 Å². The molecule has 4 N–H and O–H groups in total. The Balaban J connectivity index is 0.000000589. The standard InChI is InChI=1S/C19H22N4O2S.C2H4O2/c24-17(21-13-7-8-14-12(10-13)4-3-9-20-14)6-2-1-5-16-18-15(11-26-16)22-19(25)23-18;1-2(3)4/h3-4,7-10,15-16,18H,1-2,5-6,11H2,(H,21,24)(H2,22,23,25);1H3,(H,3,4)/t15-,16-,18-;/m0./s1. The molecule has 160 valence electrons. The van der Waals surface area contributed by atoms with Crippen LogP contribution in [0.5, 0.6) is 0 Å². The second-order valence-corrected chi connectivity index (χ2v) is 8.62. The second-order valence-electron chi connectivity index (χ2n) is 7.35. The van der Waals surface area contributed by atoms with Crippen molar-refractivity contribution in [1.82, 2.24) is 15.6 Å². The van der Waals surface area contributed by atoms with Gasteiger partial charge in [-0.3, -0.25) is 14.6 Å². The topological polar surface area (TPSA) is 120 Å². The molecule has 0 spiro atoms. The maximum absolute atomic E-state index is 12.2. The number of aromatic nitrogens is 1. The van der Waals surface area contributed by atoms with Crippen LogP contribution in [0.4, 0.5) is 10.5 Å². The van der Waals surface area contributed by atoms with Crippen LogP contribution in [-0.2, 0) is 9.59 Å². The van der Waals surface area contributed by atoms with Crippen molar-refractivity contribution in [2.45, 2.75) is 49.9 Å². The number of fused-ring (bicyclic) bond motifs is 2. The lowest BCUT2D eigenvalue weighted by molar-refractivity contribution is -0.134. The maximum atomic E-state index is 12.2. The number of thioether (sulfide) groups is 1. The van der Waals surface area contributed by atoms with Gasteiger partial charge in [0.1, 0.15) is 0 Å². The summed E-state index contributed by atoms with van der Waals surface area (Å²) in [4.78, 5) is 36.8. The number of carboxylic acids is 1. The Bertz CT molecular complexity index is 919. The van der Waals surface area contributed by atoms with E-state index in [1.54, 1.807) is 6.20 Å². The summed E-state index contributed by atoms with van der Waals surface area (Å²) < 4.78 is 0. The van der Waals surface area contributed by atoms with Crippen molar-refractivity contribution < 1.29 is 19.5 Å². The van der Waals surface area contributed by atoms with Gasteiger partial charge in [-0.25, -0.2) is 4.79 Å². The summed E-state index contributed by atoms with van der Waals surface area (Å²) in [6.07, 6.45) is 5.16. The molecule has 2 aliphatic rings. The first-order chi connectivity index (χ1) is 14.4. The molecule has 3 amide bonds. The lowest BCUT2D eigenvalue weighted by Gasteiger charge is -2.16. The number of pyridine rings is 1. The van der Waals surface area contributed by atoms with Crippen LogP contribution < -0.4 is 16.0 Å². The molecule has 30 heavy (non-hydrogen) atoms. The number of nitrogens with zero attached hydrogens (tertiary/aromatic N) is 1. The number of carboxylic acid groups (broad SMARTS) is 1. The summed E-state index contributed by atoms with van der Waals surface area (Å²) in [7, 11) is 0. The summed E-state index contributed by atoms with van der Waals surface area (Å²) in [5, 5.41) is 17.8. The number of nitrogens with one attached hydrogen (secondary N) is 3. The van der Waals surface area contributed by atoms with E-state index in [0.717, 1.165) is 48.5 Å². The van der Waals surface area contributed by atoms with Crippen molar-refractivity contribution >= 4 is 46.3 Å². The molecule has 1 aromatic heterocycles. The van der Waals surface area contributed by atoms with Gasteiger partial charge in [-0.1, -0.05) is 12.5 Å². The van der Waals surface area contributed by atoms with E-state index in [-0.39, 0.29) is 24.0 Å². The predicted octanol–water partition coefficient (Wildman–Crippen LogP) is 2.99. The minimum atomic E-state index is -0.833. The quantitative estimate of drug-likeness (QED) is 0.413. The highest BCUT2D eigenvalue weighted by atomic mass is 32.2. The molecular formula is C21H26N4O4S. The smallest absolute Gasteiger partial charge is 0.315 e. The number of carbonyl (C=O) groups is 3. The van der Waals surface area contributed by atoms with Crippen LogP contribution in [0.25, 0.3) is 10.9 Å². The van der Waals surface area contributed by atoms with Gasteiger partial charge in [-0.05, 0) is 37.1 Å². The molecule has 0 unspecified atom stereocenters. The zero-order valence-corrected chi connectivity index (χ0v) is 17.6. The van der Waals surface area contributed by atoms with E-state index >= 15 is 0 Å². The van der Waals surface area contributed by atoms with E-state index in [1.165, 1.54) is 0 Å². The van der Waals surface area contributed by atoms with Crippen LogP contribution >= 0.6 is 11.8 Å². The van der Waals surface area contributed by atoms with Crippen LogP contribution in [-0.4, -0.2) is 51.1 Å². The fourth-order valence-corrected chi connectivity index (χ4v) is 5.19. The van der Waals surface area contributed by atoms with Crippen LogP contribution in [0.1, 0.15) is 32.6 Å². The van der Waals surface area contributed by atoms with E-state index in [9.17, 15) is 9.59 Å². The average molecular weight is 431 g/mol. The van der Waals surface area contributed by atoms with Crippen molar-refractivity contribution in [1.29, 1.82) is 0 Å². The number of anilines is 1. The van der Waals surface area contributed by atoms with E-state index in [4.69, 9.17) is 9.90 Å². The van der Waals surface area contributed by atoms with E-state index in [2.05, 4.69) is 20.9 Å². The predicted molar refractivity (Wildman–Crippen MR) is 118 cm³/mol. The van der Waals surface area contributed by atoms with Crippen LogP contribution in [0.3, 0.4) is 0 Å². The van der Waals surface area contributed by atoms with Crippen LogP contribution in [0, 0.1) is 0 Å². The number of benzene rings is 1. The normalized spacial score (nSPS) is 21.8. The molecule has 3 atom stereocenters. The molecule has 9 heteroatoms. The Morgan fingerprint density at radius 1 is 1.27 bits per heavy atom. The molecule has 0 aliphatic carbocycles. The zero-order chi connectivity index (χ0) is 21.5. The molecule has 8 nitrogen and oxygen atoms in total. The Morgan fingerprint density at radius 2 is 2.07 bits per heavy atom. The van der Waals surface area contributed by atoms with E-state index < -0.39 is 5.97 Å². The summed E-state index contributed by atoms with van der Waals surface area (Å²) in [6, 6.07) is 10.1. The molecule has 2 aliphatic heterocycles. The molecular weight excluding hydrogens is 404 g/mol. The highest BCUT2D eigenvalue weighted by molar-refractivity contribution is 8.00. The van der Waals surface area contributed by atoms with Gasteiger partial charge in [0.15, 0.2) is 0 Å². The van der Waals surface area contributed by atoms with Gasteiger partial charge in [-0.15, -0.1) is 0 Å². The second kappa shape index (κ2) is 10.3. The number of rotatable bonds is 6. The lowest BCUT2D eigenvalue weighted by Crippen LogP contribution is -2.36. The molecule has 4 rings (SSSR count). The fourth-order valence-electron chi connectivity index (χ4n) is 3.65. The van der Waals surface area contributed by atoms with Gasteiger partial charge >= 0.3 is 6.03 Å². The first kappa shape index (κ1) is 21.9. The molecule has 2 saturated heterocycles. The first-order valence-corrected chi connectivity index (χ1v) is 11.0. The summed E-state index contributed by atoms with van der Waals surface area (Å²) >= 11 is 1.92. The number of aliphatic carboxylic acids is 1. The van der Waals surface area contributed by atoms with Crippen LogP contribution in [0.15, 0.2) is 36.5 Å². The lowest BCUT2D eigenvalue weighted by atomic mass is 10.0. The SMILES string of the molecule is CC(=O)O.O=C(CCCC[C@@H]1SC[C@@H]2NC(=O)N[C@@H]21)Nc1ccc2ncccc2c1. The molecule has 3 heterocycles. The number of carbonyl (C=O) groups excluding carboxylic acids is 2. The van der Waals surface area contributed by atoms with Crippen LogP contribution in [0.2, 0.25) is 0 Å². The maximum Gasteiger partial charge on any atom is 0.315 e. The largest absolute Gasteiger partial charge is 0.481 e. The van der Waals surface area contributed by atoms with Gasteiger partial charge in [0.25, 0.3) is 5.97 Å². The first-order valence-electron chi connectivity index (χ1n) is 9.95. The number of hydrogen-bond acceptors (Lipinski definition) is 5. The molecule has 0 saturated carbocycles. The molecule has 2 fully saturated rings. The zero-order valence-electron chi connectivity index (χ0n) is 16.8. The Morgan fingerprint density at radius 3 is 2.87 bits per heavy atom. The third-order valence-corrected chi connectivity index (χ3v) is 6.48. The minimum absolute atomic E-state index is 0.0426. The molecule has 0 radical (unpaired) electrons. The number of unbranched alkanes of at least 4 members (excludes halogenated alkanes) is 1. The Kier molecular flexibility index (Phi) is 7.51. The third kappa shape index (κ3) is 6.09. The van der Waals surface area contributed by atoms with Gasteiger partial charge in [0, 0.05) is 41.6 Å². The van der Waals surface area contributed by atoms with Crippen molar-refractivity contribution in [3.05, 3.63) is 36.5 Å².